The van der Waals surface area contributed by atoms with E-state index < -0.39 is 4.92 Å². The van der Waals surface area contributed by atoms with Crippen molar-refractivity contribution in [1.29, 1.82) is 0 Å². The van der Waals surface area contributed by atoms with Crippen LogP contribution in [0.1, 0.15) is 0 Å². The first-order valence-corrected chi connectivity index (χ1v) is 7.18. The van der Waals surface area contributed by atoms with Crippen molar-refractivity contribution in [3.63, 3.8) is 0 Å². The van der Waals surface area contributed by atoms with Gasteiger partial charge < -0.3 is 14.9 Å². The third-order valence-electron chi connectivity index (χ3n) is 3.63. The molecule has 0 unspecified atom stereocenters. The SMILES string of the molecule is Cn1ccc2cc(N)cnc21.Cn1ccc2cc([N+](=O)[O-])cnc21. The number of fused-ring (bicyclic) bond motifs is 2. The fourth-order valence-corrected chi connectivity index (χ4v) is 2.41. The van der Waals surface area contributed by atoms with Crippen molar-refractivity contribution in [2.75, 3.05) is 5.73 Å². The van der Waals surface area contributed by atoms with Crippen molar-refractivity contribution in [3.8, 4) is 0 Å². The van der Waals surface area contributed by atoms with Crippen LogP contribution in [0.5, 0.6) is 0 Å². The fourth-order valence-electron chi connectivity index (χ4n) is 2.41. The average Bonchev–Trinajstić information content (AvgIpc) is 3.11. The Labute approximate surface area is 137 Å². The highest BCUT2D eigenvalue weighted by Gasteiger charge is 2.08. The molecule has 0 spiro atoms. The molecule has 0 aliphatic heterocycles. The molecule has 0 saturated carbocycles. The zero-order valence-corrected chi connectivity index (χ0v) is 13.2. The van der Waals surface area contributed by atoms with Crippen LogP contribution in [-0.4, -0.2) is 24.0 Å². The predicted octanol–water partition coefficient (Wildman–Crippen LogP) is 2.64. The number of anilines is 1. The number of nitrogens with two attached hydrogens (primary N) is 1. The molecule has 0 radical (unpaired) electrons. The van der Waals surface area contributed by atoms with Gasteiger partial charge in [-0.3, -0.25) is 10.1 Å². The monoisotopic (exact) mass is 324 g/mol. The number of nitro groups is 1. The summed E-state index contributed by atoms with van der Waals surface area (Å²) in [5.41, 5.74) is 8.03. The second-order valence-electron chi connectivity index (χ2n) is 5.40. The van der Waals surface area contributed by atoms with E-state index in [1.165, 1.54) is 12.3 Å². The van der Waals surface area contributed by atoms with E-state index in [9.17, 15) is 10.1 Å². The van der Waals surface area contributed by atoms with Gasteiger partial charge in [0.1, 0.15) is 17.5 Å². The highest BCUT2D eigenvalue weighted by molar-refractivity contribution is 5.79. The van der Waals surface area contributed by atoms with Gasteiger partial charge in [-0.2, -0.15) is 0 Å². The lowest BCUT2D eigenvalue weighted by molar-refractivity contribution is -0.385. The van der Waals surface area contributed by atoms with E-state index in [0.717, 1.165) is 22.1 Å². The quantitative estimate of drug-likeness (QED) is 0.428. The van der Waals surface area contributed by atoms with Gasteiger partial charge in [0, 0.05) is 43.3 Å². The van der Waals surface area contributed by atoms with E-state index in [1.54, 1.807) is 12.3 Å². The Kier molecular flexibility index (Phi) is 3.87. The standard InChI is InChI=1S/C8H7N3O2.C8H9N3/c1-10-3-2-6-4-7(11(12)13)5-9-8(6)10;1-11-3-2-6-4-7(9)5-10-8(6)11/h2-5H,1H3;2-5H,9H2,1H3. The fraction of sp³-hybridized carbons (Fsp3) is 0.125. The molecule has 0 bridgehead atoms. The number of nitrogens with zero attached hydrogens (tertiary/aromatic N) is 5. The molecule has 4 rings (SSSR count). The summed E-state index contributed by atoms with van der Waals surface area (Å²) in [5, 5.41) is 12.3. The van der Waals surface area contributed by atoms with Crippen LogP contribution in [0.4, 0.5) is 11.4 Å². The summed E-state index contributed by atoms with van der Waals surface area (Å²) in [6, 6.07) is 7.23. The zero-order valence-electron chi connectivity index (χ0n) is 13.2. The minimum Gasteiger partial charge on any atom is -0.397 e. The molecule has 4 heterocycles. The summed E-state index contributed by atoms with van der Waals surface area (Å²) in [7, 11) is 3.81. The summed E-state index contributed by atoms with van der Waals surface area (Å²) < 4.78 is 3.79. The second-order valence-corrected chi connectivity index (χ2v) is 5.40. The van der Waals surface area contributed by atoms with Gasteiger partial charge >= 0.3 is 0 Å². The molecule has 0 aliphatic carbocycles. The van der Waals surface area contributed by atoms with Crippen LogP contribution < -0.4 is 5.73 Å². The first kappa shape index (κ1) is 15.5. The summed E-state index contributed by atoms with van der Waals surface area (Å²) in [5.74, 6) is 0. The maximum Gasteiger partial charge on any atom is 0.288 e. The number of nitrogen functional groups attached to an aromatic ring is 1. The van der Waals surface area contributed by atoms with Crippen molar-refractivity contribution in [2.24, 2.45) is 14.1 Å². The lowest BCUT2D eigenvalue weighted by Crippen LogP contribution is -1.91. The summed E-state index contributed by atoms with van der Waals surface area (Å²) in [6.45, 7) is 0. The summed E-state index contributed by atoms with van der Waals surface area (Å²) in [6.07, 6.45) is 6.73. The third kappa shape index (κ3) is 2.89. The Balaban J connectivity index is 0.000000143. The molecule has 0 aliphatic rings. The molecular weight excluding hydrogens is 308 g/mol. The molecule has 122 valence electrons. The van der Waals surface area contributed by atoms with E-state index in [4.69, 9.17) is 5.73 Å². The van der Waals surface area contributed by atoms with Crippen LogP contribution in [0.25, 0.3) is 22.1 Å². The normalized spacial score (nSPS) is 10.6. The van der Waals surface area contributed by atoms with E-state index in [1.807, 2.05) is 47.8 Å². The van der Waals surface area contributed by atoms with Gasteiger partial charge in [0.05, 0.1) is 16.8 Å². The van der Waals surface area contributed by atoms with Gasteiger partial charge in [-0.1, -0.05) is 0 Å². The lowest BCUT2D eigenvalue weighted by Gasteiger charge is -1.94. The van der Waals surface area contributed by atoms with Gasteiger partial charge in [-0.05, 0) is 18.2 Å². The van der Waals surface area contributed by atoms with Crippen molar-refractivity contribution in [3.05, 3.63) is 59.2 Å². The number of rotatable bonds is 1. The first-order chi connectivity index (χ1) is 11.5. The van der Waals surface area contributed by atoms with E-state index >= 15 is 0 Å². The van der Waals surface area contributed by atoms with Gasteiger partial charge in [0.2, 0.25) is 0 Å². The highest BCUT2D eigenvalue weighted by atomic mass is 16.6. The van der Waals surface area contributed by atoms with E-state index in [0.29, 0.717) is 5.69 Å². The molecule has 2 N–H and O–H groups in total. The summed E-state index contributed by atoms with van der Waals surface area (Å²) >= 11 is 0. The number of aryl methyl sites for hydroxylation is 2. The highest BCUT2D eigenvalue weighted by Crippen LogP contribution is 2.18. The van der Waals surface area contributed by atoms with E-state index in [-0.39, 0.29) is 5.69 Å². The van der Waals surface area contributed by atoms with E-state index in [2.05, 4.69) is 9.97 Å². The molecule has 8 heteroatoms. The Bertz CT molecular complexity index is 1030. The van der Waals surface area contributed by atoms with Crippen LogP contribution in [0, 0.1) is 10.1 Å². The minimum atomic E-state index is -0.445. The molecule has 4 aromatic heterocycles. The lowest BCUT2D eigenvalue weighted by atomic mass is 10.3. The maximum absolute atomic E-state index is 10.4. The molecule has 0 atom stereocenters. The van der Waals surface area contributed by atoms with Gasteiger partial charge in [0.25, 0.3) is 5.69 Å². The topological polar surface area (TPSA) is 105 Å². The average molecular weight is 324 g/mol. The largest absolute Gasteiger partial charge is 0.397 e. The Morgan fingerprint density at radius 3 is 2.12 bits per heavy atom. The predicted molar refractivity (Wildman–Crippen MR) is 92.5 cm³/mol. The Morgan fingerprint density at radius 1 is 1.00 bits per heavy atom. The molecule has 4 aromatic rings. The maximum atomic E-state index is 10.4. The molecule has 0 aromatic carbocycles. The first-order valence-electron chi connectivity index (χ1n) is 7.18. The van der Waals surface area contributed by atoms with Crippen molar-refractivity contribution in [1.82, 2.24) is 19.1 Å². The van der Waals surface area contributed by atoms with Gasteiger partial charge in [0.15, 0.2) is 0 Å². The summed E-state index contributed by atoms with van der Waals surface area (Å²) in [4.78, 5) is 18.1. The van der Waals surface area contributed by atoms with Gasteiger partial charge in [-0.25, -0.2) is 9.97 Å². The molecule has 0 amide bonds. The second kappa shape index (κ2) is 5.99. The minimum absolute atomic E-state index is 0.0266. The molecule has 0 saturated heterocycles. The molecule has 0 fully saturated rings. The zero-order chi connectivity index (χ0) is 17.3. The van der Waals surface area contributed by atoms with Gasteiger partial charge in [-0.15, -0.1) is 0 Å². The Hall–Kier alpha value is -3.42. The van der Waals surface area contributed by atoms with Crippen molar-refractivity contribution in [2.45, 2.75) is 0 Å². The van der Waals surface area contributed by atoms with Crippen molar-refractivity contribution >= 4 is 33.4 Å². The smallest absolute Gasteiger partial charge is 0.288 e. The number of pyridine rings is 2. The molecule has 8 nitrogen and oxygen atoms in total. The number of hydrogen-bond donors (Lipinski definition) is 1. The Morgan fingerprint density at radius 2 is 1.54 bits per heavy atom. The van der Waals surface area contributed by atoms with Crippen LogP contribution in [0.2, 0.25) is 0 Å². The van der Waals surface area contributed by atoms with Crippen LogP contribution in [-0.2, 0) is 14.1 Å². The molecular formula is C16H16N6O2. The van der Waals surface area contributed by atoms with Crippen LogP contribution >= 0.6 is 0 Å². The third-order valence-corrected chi connectivity index (χ3v) is 3.63. The number of aromatic nitrogens is 4. The van der Waals surface area contributed by atoms with Crippen molar-refractivity contribution < 1.29 is 4.92 Å². The molecule has 24 heavy (non-hydrogen) atoms. The number of hydrogen-bond acceptors (Lipinski definition) is 5. The van der Waals surface area contributed by atoms with Crippen LogP contribution in [0.15, 0.2) is 49.1 Å². The van der Waals surface area contributed by atoms with Crippen LogP contribution in [0.3, 0.4) is 0 Å².